The Balaban J connectivity index is 1.51. The summed E-state index contributed by atoms with van der Waals surface area (Å²) in [5.74, 6) is 0.539. The second kappa shape index (κ2) is 4.74. The third-order valence-corrected chi connectivity index (χ3v) is 6.08. The molecular formula is C18H20F3NO. The summed E-state index contributed by atoms with van der Waals surface area (Å²) in [5.41, 5.74) is -0.460. The molecule has 0 aromatic heterocycles. The van der Waals surface area contributed by atoms with E-state index in [1.807, 2.05) is 0 Å². The third-order valence-electron chi connectivity index (χ3n) is 6.08. The number of hydrogen-bond acceptors (Lipinski definition) is 1. The molecule has 3 bridgehead atoms. The van der Waals surface area contributed by atoms with Gasteiger partial charge in [0.25, 0.3) is 0 Å². The molecule has 1 aromatic carbocycles. The molecule has 2 nitrogen and oxygen atoms in total. The number of hydrogen-bond donors (Lipinski definition) is 1. The van der Waals surface area contributed by atoms with Crippen LogP contribution in [0.3, 0.4) is 0 Å². The molecule has 4 aliphatic rings. The predicted molar refractivity (Wildman–Crippen MR) is 80.7 cm³/mol. The second-order valence-corrected chi connectivity index (χ2v) is 7.83. The molecule has 23 heavy (non-hydrogen) atoms. The van der Waals surface area contributed by atoms with Crippen molar-refractivity contribution in [2.75, 3.05) is 5.32 Å². The highest BCUT2D eigenvalue weighted by atomic mass is 19.4. The van der Waals surface area contributed by atoms with Crippen molar-refractivity contribution < 1.29 is 18.0 Å². The van der Waals surface area contributed by atoms with Crippen LogP contribution in [0.25, 0.3) is 0 Å². The number of benzene rings is 1. The lowest BCUT2D eigenvalue weighted by Crippen LogP contribution is -2.59. The summed E-state index contributed by atoms with van der Waals surface area (Å²) in [7, 11) is 0. The van der Waals surface area contributed by atoms with Gasteiger partial charge < -0.3 is 5.32 Å². The summed E-state index contributed by atoms with van der Waals surface area (Å²) in [4.78, 5) is 12.7. The van der Waals surface area contributed by atoms with Crippen molar-refractivity contribution in [3.05, 3.63) is 29.8 Å². The summed E-state index contributed by atoms with van der Waals surface area (Å²) in [6, 6.07) is 4.92. The van der Waals surface area contributed by atoms with Crippen molar-refractivity contribution in [1.29, 1.82) is 0 Å². The first kappa shape index (κ1) is 15.0. The van der Waals surface area contributed by atoms with Crippen molar-refractivity contribution in [2.24, 2.45) is 16.7 Å². The van der Waals surface area contributed by atoms with Crippen LogP contribution in [0, 0.1) is 16.7 Å². The highest BCUT2D eigenvalue weighted by Gasteiger charge is 2.63. The zero-order valence-electron chi connectivity index (χ0n) is 12.9. The second-order valence-electron chi connectivity index (χ2n) is 7.83. The van der Waals surface area contributed by atoms with Crippen molar-refractivity contribution >= 4 is 11.6 Å². The Bertz CT molecular complexity index is 640. The van der Waals surface area contributed by atoms with Gasteiger partial charge in [-0.05, 0) is 61.6 Å². The molecule has 5 heteroatoms. The molecule has 1 unspecified atom stereocenters. The SMILES string of the molecule is O=C(Nc1cccc(C(F)(F)F)c1)C12CC3CCCC(C3)(C1)C2. The van der Waals surface area contributed by atoms with E-state index in [0.29, 0.717) is 11.3 Å². The maximum Gasteiger partial charge on any atom is 0.416 e. The van der Waals surface area contributed by atoms with Gasteiger partial charge in [-0.15, -0.1) is 0 Å². The number of anilines is 1. The number of alkyl halides is 3. The smallest absolute Gasteiger partial charge is 0.326 e. The lowest BCUT2D eigenvalue weighted by Gasteiger charge is -2.64. The summed E-state index contributed by atoms with van der Waals surface area (Å²) in [5, 5.41) is 2.75. The van der Waals surface area contributed by atoms with Crippen LogP contribution >= 0.6 is 0 Å². The summed E-state index contributed by atoms with van der Waals surface area (Å²) >= 11 is 0. The average molecular weight is 323 g/mol. The molecule has 4 saturated carbocycles. The molecule has 0 saturated heterocycles. The molecule has 124 valence electrons. The van der Waals surface area contributed by atoms with Crippen LogP contribution in [0.5, 0.6) is 0 Å². The van der Waals surface area contributed by atoms with Crippen LogP contribution in [0.15, 0.2) is 24.3 Å². The van der Waals surface area contributed by atoms with E-state index in [0.717, 1.165) is 31.4 Å². The monoisotopic (exact) mass is 323 g/mol. The lowest BCUT2D eigenvalue weighted by molar-refractivity contribution is -0.168. The van der Waals surface area contributed by atoms with Gasteiger partial charge >= 0.3 is 6.18 Å². The van der Waals surface area contributed by atoms with E-state index in [-0.39, 0.29) is 17.0 Å². The molecule has 1 aromatic rings. The molecule has 0 aliphatic heterocycles. The standard InChI is InChI=1S/C18H20F3NO/c19-18(20,21)13-4-1-5-14(7-13)22-15(23)17-9-12-3-2-6-16(8-12,10-17)11-17/h1,4-5,7,12H,2-3,6,8-11H2,(H,22,23). The Morgan fingerprint density at radius 3 is 2.70 bits per heavy atom. The van der Waals surface area contributed by atoms with Gasteiger partial charge in [0.05, 0.1) is 11.0 Å². The Hall–Kier alpha value is -1.52. The number of amides is 1. The van der Waals surface area contributed by atoms with Crippen molar-refractivity contribution in [3.63, 3.8) is 0 Å². The van der Waals surface area contributed by atoms with Crippen LogP contribution in [0.4, 0.5) is 18.9 Å². The third kappa shape index (κ3) is 2.45. The van der Waals surface area contributed by atoms with E-state index in [1.54, 1.807) is 0 Å². The molecule has 0 radical (unpaired) electrons. The minimum absolute atomic E-state index is 0.0842. The topological polar surface area (TPSA) is 29.1 Å². The molecule has 4 aliphatic carbocycles. The van der Waals surface area contributed by atoms with Crippen LogP contribution in [0.2, 0.25) is 0 Å². The van der Waals surface area contributed by atoms with Crippen LogP contribution < -0.4 is 5.32 Å². The predicted octanol–water partition coefficient (Wildman–Crippen LogP) is 5.00. The van der Waals surface area contributed by atoms with E-state index < -0.39 is 11.7 Å². The zero-order chi connectivity index (χ0) is 16.3. The van der Waals surface area contributed by atoms with E-state index in [9.17, 15) is 18.0 Å². The number of rotatable bonds is 2. The van der Waals surface area contributed by atoms with Crippen LogP contribution in [-0.2, 0) is 11.0 Å². The summed E-state index contributed by atoms with van der Waals surface area (Å²) < 4.78 is 38.4. The number of carbonyl (C=O) groups is 1. The maximum atomic E-state index is 12.8. The minimum atomic E-state index is -4.39. The van der Waals surface area contributed by atoms with Crippen LogP contribution in [-0.4, -0.2) is 5.91 Å². The van der Waals surface area contributed by atoms with Gasteiger partial charge in [0.1, 0.15) is 0 Å². The molecular weight excluding hydrogens is 303 g/mol. The van der Waals surface area contributed by atoms with E-state index in [1.165, 1.54) is 37.8 Å². The normalized spacial score (nSPS) is 35.3. The zero-order valence-corrected chi connectivity index (χ0v) is 12.9. The highest BCUT2D eigenvalue weighted by molar-refractivity contribution is 5.96. The highest BCUT2D eigenvalue weighted by Crippen LogP contribution is 2.69. The quantitative estimate of drug-likeness (QED) is 0.815. The van der Waals surface area contributed by atoms with Crippen LogP contribution in [0.1, 0.15) is 50.5 Å². The Morgan fingerprint density at radius 1 is 1.22 bits per heavy atom. The molecule has 1 N–H and O–H groups in total. The molecule has 4 fully saturated rings. The number of carbonyl (C=O) groups excluding carboxylic acids is 1. The first-order valence-corrected chi connectivity index (χ1v) is 8.29. The Kier molecular flexibility index (Phi) is 3.10. The van der Waals surface area contributed by atoms with Gasteiger partial charge in [0.2, 0.25) is 5.91 Å². The molecule has 1 amide bonds. The van der Waals surface area contributed by atoms with E-state index >= 15 is 0 Å². The van der Waals surface area contributed by atoms with Gasteiger partial charge in [-0.1, -0.05) is 18.9 Å². The molecule has 5 rings (SSSR count). The van der Waals surface area contributed by atoms with E-state index in [4.69, 9.17) is 0 Å². The maximum absolute atomic E-state index is 12.8. The van der Waals surface area contributed by atoms with Gasteiger partial charge in [-0.2, -0.15) is 13.2 Å². The first-order chi connectivity index (χ1) is 10.8. The fourth-order valence-corrected chi connectivity index (χ4v) is 5.45. The summed E-state index contributed by atoms with van der Waals surface area (Å²) in [6.45, 7) is 0. The fraction of sp³-hybridized carbons (Fsp3) is 0.611. The number of nitrogens with one attached hydrogen (secondary N) is 1. The number of halogens is 3. The van der Waals surface area contributed by atoms with Gasteiger partial charge in [-0.25, -0.2) is 0 Å². The van der Waals surface area contributed by atoms with Gasteiger partial charge in [0, 0.05) is 5.69 Å². The lowest BCUT2D eigenvalue weighted by atomic mass is 9.40. The minimum Gasteiger partial charge on any atom is -0.326 e. The van der Waals surface area contributed by atoms with Gasteiger partial charge in [0.15, 0.2) is 0 Å². The van der Waals surface area contributed by atoms with E-state index in [2.05, 4.69) is 5.32 Å². The molecule has 1 atom stereocenters. The van der Waals surface area contributed by atoms with Crippen molar-refractivity contribution in [2.45, 2.75) is 51.1 Å². The molecule has 0 heterocycles. The summed E-state index contributed by atoms with van der Waals surface area (Å²) in [6.07, 6.45) is 3.26. The Morgan fingerprint density at radius 2 is 2.00 bits per heavy atom. The van der Waals surface area contributed by atoms with Gasteiger partial charge in [-0.3, -0.25) is 4.79 Å². The fourth-order valence-electron chi connectivity index (χ4n) is 5.45. The largest absolute Gasteiger partial charge is 0.416 e. The van der Waals surface area contributed by atoms with Crippen molar-refractivity contribution in [3.8, 4) is 0 Å². The molecule has 1 spiro atoms. The van der Waals surface area contributed by atoms with Crippen molar-refractivity contribution in [1.82, 2.24) is 0 Å². The first-order valence-electron chi connectivity index (χ1n) is 8.29. The Labute approximate surface area is 133 Å². The average Bonchev–Trinajstić information content (AvgIpc) is 2.44.